The Morgan fingerprint density at radius 1 is 1.25 bits per heavy atom. The number of hydrogen-bond acceptors (Lipinski definition) is 5. The van der Waals surface area contributed by atoms with Crippen LogP contribution in [0.15, 0.2) is 58.7 Å². The van der Waals surface area contributed by atoms with Gasteiger partial charge in [0.05, 0.1) is 16.4 Å². The summed E-state index contributed by atoms with van der Waals surface area (Å²) in [7, 11) is 1.97. The van der Waals surface area contributed by atoms with Crippen LogP contribution in [0.2, 0.25) is 0 Å². The first kappa shape index (κ1) is 15.9. The van der Waals surface area contributed by atoms with Gasteiger partial charge in [0.25, 0.3) is 5.91 Å². The summed E-state index contributed by atoms with van der Waals surface area (Å²) in [5.74, 6) is 0.0782. The topological polar surface area (TPSA) is 82.0 Å². The Morgan fingerprint density at radius 3 is 2.71 bits per heavy atom. The summed E-state index contributed by atoms with van der Waals surface area (Å²) in [6.07, 6.45) is 1.67. The molecule has 3 rings (SSSR count). The Kier molecular flexibility index (Phi) is 4.72. The van der Waals surface area contributed by atoms with E-state index in [-0.39, 0.29) is 6.61 Å². The van der Waals surface area contributed by atoms with Gasteiger partial charge < -0.3 is 15.0 Å². The van der Waals surface area contributed by atoms with Gasteiger partial charge in [0, 0.05) is 7.05 Å². The number of aryl methyl sites for hydroxylation is 1. The number of benzene rings is 2. The highest BCUT2D eigenvalue weighted by molar-refractivity contribution is 7.16. The van der Waals surface area contributed by atoms with Crippen molar-refractivity contribution in [3.05, 3.63) is 58.9 Å². The number of para-hydroxylation sites is 1. The van der Waals surface area contributed by atoms with E-state index in [0.29, 0.717) is 5.75 Å². The molecule has 2 aromatic carbocycles. The molecular formula is C17H16N4O2S. The molecule has 3 aromatic rings. The second-order valence-electron chi connectivity index (χ2n) is 5.08. The zero-order valence-corrected chi connectivity index (χ0v) is 13.9. The fraction of sp³-hybridized carbons (Fsp3) is 0.118. The van der Waals surface area contributed by atoms with Crippen LogP contribution in [-0.4, -0.2) is 23.3 Å². The van der Waals surface area contributed by atoms with Gasteiger partial charge in [-0.15, -0.1) is 5.10 Å². The number of primary amides is 1. The van der Waals surface area contributed by atoms with Crippen LogP contribution in [0, 0.1) is 0 Å². The number of amides is 1. The molecule has 6 nitrogen and oxygen atoms in total. The SMILES string of the molecule is Cn1/c(=N\N=C\c2ccc(OCC(N)=O)cc2)sc2ccccc21. The molecule has 0 aliphatic carbocycles. The van der Waals surface area contributed by atoms with E-state index in [4.69, 9.17) is 10.5 Å². The highest BCUT2D eigenvalue weighted by Crippen LogP contribution is 2.15. The van der Waals surface area contributed by atoms with Crippen molar-refractivity contribution in [3.8, 4) is 5.75 Å². The zero-order chi connectivity index (χ0) is 16.9. The fourth-order valence-corrected chi connectivity index (χ4v) is 3.10. The number of hydrogen-bond donors (Lipinski definition) is 1. The monoisotopic (exact) mass is 340 g/mol. The van der Waals surface area contributed by atoms with E-state index >= 15 is 0 Å². The number of carbonyl (C=O) groups is 1. The lowest BCUT2D eigenvalue weighted by molar-refractivity contribution is -0.119. The summed E-state index contributed by atoms with van der Waals surface area (Å²) in [4.78, 5) is 11.5. The fourth-order valence-electron chi connectivity index (χ4n) is 2.13. The first-order chi connectivity index (χ1) is 11.6. The molecule has 0 saturated heterocycles. The summed E-state index contributed by atoms with van der Waals surface area (Å²) in [5.41, 5.74) is 7.05. The predicted molar refractivity (Wildman–Crippen MR) is 95.1 cm³/mol. The van der Waals surface area contributed by atoms with Crippen molar-refractivity contribution < 1.29 is 9.53 Å². The molecule has 0 atom stereocenters. The van der Waals surface area contributed by atoms with E-state index in [2.05, 4.69) is 22.3 Å². The zero-order valence-electron chi connectivity index (χ0n) is 13.0. The number of rotatable bonds is 5. The van der Waals surface area contributed by atoms with Crippen LogP contribution in [0.5, 0.6) is 5.75 Å². The molecule has 0 aliphatic rings. The maximum atomic E-state index is 10.7. The Morgan fingerprint density at radius 2 is 2.00 bits per heavy atom. The van der Waals surface area contributed by atoms with Gasteiger partial charge in [-0.3, -0.25) is 4.79 Å². The van der Waals surface area contributed by atoms with Crippen LogP contribution in [0.4, 0.5) is 0 Å². The summed E-state index contributed by atoms with van der Waals surface area (Å²) >= 11 is 1.59. The van der Waals surface area contributed by atoms with Gasteiger partial charge >= 0.3 is 0 Å². The number of nitrogens with two attached hydrogens (primary N) is 1. The van der Waals surface area contributed by atoms with E-state index in [1.54, 1.807) is 29.7 Å². The molecule has 1 amide bonds. The number of fused-ring (bicyclic) bond motifs is 1. The molecule has 0 radical (unpaired) electrons. The lowest BCUT2D eigenvalue weighted by Gasteiger charge is -2.02. The van der Waals surface area contributed by atoms with E-state index in [0.717, 1.165) is 15.9 Å². The van der Waals surface area contributed by atoms with Crippen LogP contribution in [0.25, 0.3) is 10.2 Å². The molecule has 0 spiro atoms. The van der Waals surface area contributed by atoms with Gasteiger partial charge in [0.2, 0.25) is 4.80 Å². The number of nitrogens with zero attached hydrogens (tertiary/aromatic N) is 3. The van der Waals surface area contributed by atoms with Gasteiger partial charge in [-0.1, -0.05) is 23.5 Å². The Bertz CT molecular complexity index is 955. The van der Waals surface area contributed by atoms with Crippen LogP contribution in [0.1, 0.15) is 5.56 Å². The van der Waals surface area contributed by atoms with Gasteiger partial charge in [0.1, 0.15) is 5.75 Å². The maximum absolute atomic E-state index is 10.7. The molecule has 24 heavy (non-hydrogen) atoms. The molecule has 122 valence electrons. The van der Waals surface area contributed by atoms with Crippen LogP contribution in [0.3, 0.4) is 0 Å². The third-order valence-electron chi connectivity index (χ3n) is 3.33. The molecule has 0 unspecified atom stereocenters. The Balaban J connectivity index is 1.75. The van der Waals surface area contributed by atoms with Gasteiger partial charge in [-0.2, -0.15) is 5.10 Å². The number of carbonyl (C=O) groups excluding carboxylic acids is 1. The van der Waals surface area contributed by atoms with Crippen molar-refractivity contribution in [2.24, 2.45) is 23.0 Å². The molecular weight excluding hydrogens is 324 g/mol. The summed E-state index contributed by atoms with van der Waals surface area (Å²) in [6.45, 7) is -0.134. The summed E-state index contributed by atoms with van der Waals surface area (Å²) < 4.78 is 8.38. The molecule has 0 saturated carbocycles. The van der Waals surface area contributed by atoms with Crippen molar-refractivity contribution in [2.45, 2.75) is 0 Å². The quantitative estimate of drug-likeness (QED) is 0.569. The second kappa shape index (κ2) is 7.10. The summed E-state index contributed by atoms with van der Waals surface area (Å²) in [5, 5.41) is 8.43. The van der Waals surface area contributed by atoms with Crippen molar-refractivity contribution in [1.29, 1.82) is 0 Å². The summed E-state index contributed by atoms with van der Waals surface area (Å²) in [6, 6.07) is 15.3. The molecule has 0 fully saturated rings. The largest absolute Gasteiger partial charge is 0.484 e. The van der Waals surface area contributed by atoms with Crippen molar-refractivity contribution in [1.82, 2.24) is 4.57 Å². The normalized spacial score (nSPS) is 12.1. The highest BCUT2D eigenvalue weighted by Gasteiger charge is 2.00. The van der Waals surface area contributed by atoms with Crippen LogP contribution < -0.4 is 15.3 Å². The third-order valence-corrected chi connectivity index (χ3v) is 4.43. The Hall–Kier alpha value is -2.93. The average Bonchev–Trinajstić information content (AvgIpc) is 2.91. The number of ether oxygens (including phenoxy) is 1. The lowest BCUT2D eigenvalue weighted by atomic mass is 10.2. The average molecular weight is 340 g/mol. The third kappa shape index (κ3) is 3.69. The maximum Gasteiger partial charge on any atom is 0.255 e. The smallest absolute Gasteiger partial charge is 0.255 e. The van der Waals surface area contributed by atoms with E-state index in [9.17, 15) is 4.79 Å². The van der Waals surface area contributed by atoms with Crippen LogP contribution >= 0.6 is 11.3 Å². The van der Waals surface area contributed by atoms with Crippen molar-refractivity contribution in [3.63, 3.8) is 0 Å². The van der Waals surface area contributed by atoms with Gasteiger partial charge in [-0.25, -0.2) is 0 Å². The standard InChI is InChI=1S/C17H16N4O2S/c1-21-14-4-2-3-5-15(14)24-17(21)20-19-10-12-6-8-13(9-7-12)23-11-16(18)22/h2-10H,11H2,1H3,(H2,18,22)/b19-10+,20-17+. The molecule has 0 bridgehead atoms. The Labute approximate surface area is 142 Å². The molecule has 1 aromatic heterocycles. The van der Waals surface area contributed by atoms with Crippen LogP contribution in [-0.2, 0) is 11.8 Å². The van der Waals surface area contributed by atoms with E-state index in [1.807, 2.05) is 35.9 Å². The minimum absolute atomic E-state index is 0.134. The minimum atomic E-state index is -0.504. The first-order valence-electron chi connectivity index (χ1n) is 7.26. The van der Waals surface area contributed by atoms with E-state index in [1.165, 1.54) is 4.70 Å². The van der Waals surface area contributed by atoms with E-state index < -0.39 is 5.91 Å². The van der Waals surface area contributed by atoms with Gasteiger partial charge in [-0.05, 0) is 42.0 Å². The number of thiazole rings is 1. The minimum Gasteiger partial charge on any atom is -0.484 e. The van der Waals surface area contributed by atoms with Gasteiger partial charge in [0.15, 0.2) is 6.61 Å². The number of aromatic nitrogens is 1. The predicted octanol–water partition coefficient (Wildman–Crippen LogP) is 2.04. The molecule has 0 aliphatic heterocycles. The highest BCUT2D eigenvalue weighted by atomic mass is 32.1. The molecule has 7 heteroatoms. The molecule has 2 N–H and O–H groups in total. The van der Waals surface area contributed by atoms with Crippen molar-refractivity contribution in [2.75, 3.05) is 6.61 Å². The lowest BCUT2D eigenvalue weighted by Crippen LogP contribution is -2.19. The molecule has 1 heterocycles. The van der Waals surface area contributed by atoms with Crippen molar-refractivity contribution >= 4 is 33.7 Å². The second-order valence-corrected chi connectivity index (χ2v) is 6.09. The first-order valence-corrected chi connectivity index (χ1v) is 8.08.